The van der Waals surface area contributed by atoms with Gasteiger partial charge in [-0.25, -0.2) is 0 Å². The van der Waals surface area contributed by atoms with Crippen molar-refractivity contribution in [2.45, 2.75) is 59.1 Å². The van der Waals surface area contributed by atoms with Gasteiger partial charge in [-0.05, 0) is 41.5 Å². The van der Waals surface area contributed by atoms with Crippen molar-refractivity contribution in [3.8, 4) is 0 Å². The Morgan fingerprint density at radius 3 is 2.12 bits per heavy atom. The fourth-order valence-corrected chi connectivity index (χ4v) is 1.24. The maximum atomic E-state index is 11.5. The number of rotatable bonds is 6. The summed E-state index contributed by atoms with van der Waals surface area (Å²) >= 11 is 0. The summed E-state index contributed by atoms with van der Waals surface area (Å²) in [4.78, 5) is 11.5. The molecule has 0 atom stereocenters. The average Bonchev–Trinajstić information content (AvgIpc) is 2.06. The molecule has 0 heterocycles. The summed E-state index contributed by atoms with van der Waals surface area (Å²) in [7, 11) is 0. The fourth-order valence-electron chi connectivity index (χ4n) is 1.24. The average molecular weight is 244 g/mol. The van der Waals surface area contributed by atoms with Crippen LogP contribution < -0.4 is 10.6 Å². The van der Waals surface area contributed by atoms with E-state index in [4.69, 9.17) is 4.74 Å². The Morgan fingerprint density at radius 2 is 1.65 bits per heavy atom. The van der Waals surface area contributed by atoms with E-state index in [-0.39, 0.29) is 17.0 Å². The van der Waals surface area contributed by atoms with Crippen LogP contribution in [0.1, 0.15) is 48.0 Å². The molecule has 0 spiro atoms. The lowest BCUT2D eigenvalue weighted by Crippen LogP contribution is -2.41. The van der Waals surface area contributed by atoms with E-state index in [1.807, 2.05) is 41.5 Å². The van der Waals surface area contributed by atoms with Crippen LogP contribution in [0.15, 0.2) is 0 Å². The Labute approximate surface area is 105 Å². The van der Waals surface area contributed by atoms with E-state index in [0.717, 1.165) is 6.54 Å². The molecule has 102 valence electrons. The van der Waals surface area contributed by atoms with Crippen LogP contribution in [0.4, 0.5) is 0 Å². The quantitative estimate of drug-likeness (QED) is 0.699. The molecule has 0 bridgehead atoms. The Bertz CT molecular complexity index is 227. The zero-order chi connectivity index (χ0) is 13.5. The van der Waals surface area contributed by atoms with Crippen LogP contribution in [-0.2, 0) is 9.53 Å². The lowest BCUT2D eigenvalue weighted by atomic mass is 10.1. The monoisotopic (exact) mass is 244 g/mol. The molecule has 0 fully saturated rings. The van der Waals surface area contributed by atoms with Crippen LogP contribution in [-0.4, -0.2) is 36.7 Å². The topological polar surface area (TPSA) is 50.4 Å². The van der Waals surface area contributed by atoms with Gasteiger partial charge in [0, 0.05) is 25.0 Å². The third kappa shape index (κ3) is 13.3. The first-order valence-electron chi connectivity index (χ1n) is 6.26. The van der Waals surface area contributed by atoms with Crippen molar-refractivity contribution in [3.63, 3.8) is 0 Å². The third-order valence-corrected chi connectivity index (χ3v) is 1.86. The molecule has 0 rings (SSSR count). The van der Waals surface area contributed by atoms with E-state index in [9.17, 15) is 4.79 Å². The molecule has 0 radical (unpaired) electrons. The lowest BCUT2D eigenvalue weighted by molar-refractivity contribution is -0.122. The zero-order valence-corrected chi connectivity index (χ0v) is 12.1. The molecule has 0 aliphatic rings. The van der Waals surface area contributed by atoms with Crippen LogP contribution in [0.3, 0.4) is 0 Å². The van der Waals surface area contributed by atoms with Crippen LogP contribution in [0.25, 0.3) is 0 Å². The molecule has 4 nitrogen and oxygen atoms in total. The maximum Gasteiger partial charge on any atom is 0.221 e. The van der Waals surface area contributed by atoms with E-state index in [2.05, 4.69) is 10.6 Å². The van der Waals surface area contributed by atoms with Gasteiger partial charge in [0.2, 0.25) is 5.91 Å². The number of carbonyl (C=O) groups is 1. The molecule has 0 aliphatic heterocycles. The fraction of sp³-hybridized carbons (Fsp3) is 0.923. The van der Waals surface area contributed by atoms with Gasteiger partial charge in [-0.1, -0.05) is 0 Å². The summed E-state index contributed by atoms with van der Waals surface area (Å²) in [6.45, 7) is 14.2. The molecule has 0 saturated carbocycles. The molecule has 0 unspecified atom stereocenters. The predicted octanol–water partition coefficient (Wildman–Crippen LogP) is 1.70. The Balaban J connectivity index is 3.44. The molecule has 0 aromatic rings. The predicted molar refractivity (Wildman–Crippen MR) is 71.1 cm³/mol. The molecular formula is C13H28N2O2. The Hall–Kier alpha value is -0.610. The van der Waals surface area contributed by atoms with Crippen LogP contribution in [0, 0.1) is 0 Å². The number of nitrogens with one attached hydrogen (secondary N) is 2. The SMILES string of the molecule is CC(C)(C)NC(=O)CCNCCOC(C)(C)C. The van der Waals surface area contributed by atoms with Gasteiger partial charge in [0.05, 0.1) is 12.2 Å². The smallest absolute Gasteiger partial charge is 0.221 e. The number of ether oxygens (including phenoxy) is 1. The van der Waals surface area contributed by atoms with Crippen LogP contribution in [0.5, 0.6) is 0 Å². The third-order valence-electron chi connectivity index (χ3n) is 1.86. The van der Waals surface area contributed by atoms with E-state index in [1.165, 1.54) is 0 Å². The van der Waals surface area contributed by atoms with Gasteiger partial charge in [0.25, 0.3) is 0 Å². The van der Waals surface area contributed by atoms with Gasteiger partial charge in [0.1, 0.15) is 0 Å². The van der Waals surface area contributed by atoms with Gasteiger partial charge in [-0.3, -0.25) is 4.79 Å². The number of hydrogen-bond donors (Lipinski definition) is 2. The zero-order valence-electron chi connectivity index (χ0n) is 12.1. The normalized spacial score (nSPS) is 12.6. The first kappa shape index (κ1) is 16.4. The highest BCUT2D eigenvalue weighted by atomic mass is 16.5. The van der Waals surface area contributed by atoms with Crippen LogP contribution in [0.2, 0.25) is 0 Å². The standard InChI is InChI=1S/C13H28N2O2/c1-12(2,3)15-11(16)7-8-14-9-10-17-13(4,5)6/h14H,7-10H2,1-6H3,(H,15,16). The number of hydrogen-bond acceptors (Lipinski definition) is 3. The van der Waals surface area contributed by atoms with E-state index in [1.54, 1.807) is 0 Å². The second kappa shape index (κ2) is 6.97. The van der Waals surface area contributed by atoms with Gasteiger partial charge in [-0.15, -0.1) is 0 Å². The summed E-state index contributed by atoms with van der Waals surface area (Å²) in [5, 5.41) is 6.11. The minimum absolute atomic E-state index is 0.0849. The molecule has 1 amide bonds. The van der Waals surface area contributed by atoms with Gasteiger partial charge >= 0.3 is 0 Å². The van der Waals surface area contributed by atoms with Gasteiger partial charge in [0.15, 0.2) is 0 Å². The highest BCUT2D eigenvalue weighted by Crippen LogP contribution is 2.05. The van der Waals surface area contributed by atoms with E-state index >= 15 is 0 Å². The van der Waals surface area contributed by atoms with Crippen LogP contribution >= 0.6 is 0 Å². The Morgan fingerprint density at radius 1 is 1.06 bits per heavy atom. The molecule has 4 heteroatoms. The summed E-state index contributed by atoms with van der Waals surface area (Å²) < 4.78 is 5.55. The molecular weight excluding hydrogens is 216 g/mol. The molecule has 17 heavy (non-hydrogen) atoms. The largest absolute Gasteiger partial charge is 0.375 e. The molecule has 0 aromatic carbocycles. The first-order valence-corrected chi connectivity index (χ1v) is 6.26. The highest BCUT2D eigenvalue weighted by Gasteiger charge is 2.13. The van der Waals surface area contributed by atoms with Crippen molar-refractivity contribution in [1.29, 1.82) is 0 Å². The number of carbonyl (C=O) groups excluding carboxylic acids is 1. The minimum Gasteiger partial charge on any atom is -0.375 e. The summed E-state index contributed by atoms with van der Waals surface area (Å²) in [5.74, 6) is 0.0849. The second-order valence-corrected chi connectivity index (χ2v) is 6.26. The van der Waals surface area contributed by atoms with Crippen molar-refractivity contribution in [1.82, 2.24) is 10.6 Å². The second-order valence-electron chi connectivity index (χ2n) is 6.26. The molecule has 2 N–H and O–H groups in total. The number of amides is 1. The molecule has 0 saturated heterocycles. The molecule has 0 aliphatic carbocycles. The van der Waals surface area contributed by atoms with E-state index < -0.39 is 0 Å². The van der Waals surface area contributed by atoms with Gasteiger partial charge < -0.3 is 15.4 Å². The summed E-state index contributed by atoms with van der Waals surface area (Å²) in [5.41, 5.74) is -0.238. The highest BCUT2D eigenvalue weighted by molar-refractivity contribution is 5.76. The van der Waals surface area contributed by atoms with Crippen molar-refractivity contribution < 1.29 is 9.53 Å². The minimum atomic E-state index is -0.146. The van der Waals surface area contributed by atoms with Crippen molar-refractivity contribution in [2.24, 2.45) is 0 Å². The first-order chi connectivity index (χ1) is 7.60. The van der Waals surface area contributed by atoms with Crippen molar-refractivity contribution >= 4 is 5.91 Å². The Kier molecular flexibility index (Phi) is 6.72. The van der Waals surface area contributed by atoms with Crippen molar-refractivity contribution in [3.05, 3.63) is 0 Å². The van der Waals surface area contributed by atoms with Gasteiger partial charge in [-0.2, -0.15) is 0 Å². The van der Waals surface area contributed by atoms with E-state index in [0.29, 0.717) is 19.6 Å². The summed E-state index contributed by atoms with van der Waals surface area (Å²) in [6, 6.07) is 0. The molecule has 0 aromatic heterocycles. The lowest BCUT2D eigenvalue weighted by Gasteiger charge is -2.21. The summed E-state index contributed by atoms with van der Waals surface area (Å²) in [6.07, 6.45) is 0.507. The van der Waals surface area contributed by atoms with Crippen molar-refractivity contribution in [2.75, 3.05) is 19.7 Å². The maximum absolute atomic E-state index is 11.5.